The van der Waals surface area contributed by atoms with E-state index in [1.54, 1.807) is 23.5 Å². The minimum Gasteiger partial charge on any atom is -0.368 e. The molecule has 4 nitrogen and oxygen atoms in total. The van der Waals surface area contributed by atoms with Crippen LogP contribution in [0.25, 0.3) is 10.2 Å². The van der Waals surface area contributed by atoms with Gasteiger partial charge >= 0.3 is 0 Å². The molecule has 3 aromatic rings. The van der Waals surface area contributed by atoms with Crippen LogP contribution in [0.1, 0.15) is 24.3 Å². The van der Waals surface area contributed by atoms with Crippen molar-refractivity contribution < 1.29 is 9.18 Å². The number of aryl methyl sites for hydroxylation is 1. The third kappa shape index (κ3) is 4.50. The lowest BCUT2D eigenvalue weighted by Gasteiger charge is -2.36. The van der Waals surface area contributed by atoms with Gasteiger partial charge < -0.3 is 9.80 Å². The lowest BCUT2D eigenvalue weighted by atomic mass is 10.1. The number of hydrogen-bond acceptors (Lipinski definition) is 4. The number of carbonyl (C=O) groups excluding carboxylic acids is 1. The normalized spacial score (nSPS) is 14.6. The predicted octanol–water partition coefficient (Wildman–Crippen LogP) is 4.50. The molecule has 1 aliphatic heterocycles. The van der Waals surface area contributed by atoms with Crippen LogP contribution in [0, 0.1) is 5.82 Å². The van der Waals surface area contributed by atoms with E-state index in [0.29, 0.717) is 6.42 Å². The average molecular weight is 398 g/mol. The summed E-state index contributed by atoms with van der Waals surface area (Å²) in [5.74, 6) is 0.0199. The molecule has 0 N–H and O–H groups in total. The molecule has 1 aliphatic rings. The first kappa shape index (κ1) is 18.9. The lowest BCUT2D eigenvalue weighted by molar-refractivity contribution is -0.131. The third-order valence-electron chi connectivity index (χ3n) is 5.19. The summed E-state index contributed by atoms with van der Waals surface area (Å²) in [4.78, 5) is 21.3. The molecule has 1 fully saturated rings. The number of rotatable bonds is 6. The molecule has 6 heteroatoms. The molecule has 0 spiro atoms. The summed E-state index contributed by atoms with van der Waals surface area (Å²) in [6.45, 7) is 3.05. The van der Waals surface area contributed by atoms with E-state index in [-0.39, 0.29) is 11.7 Å². The SMILES string of the molecule is O=C(CCCCc1nc2ccccc2s1)N1CCN(c2ccc(F)cc2)CC1. The second kappa shape index (κ2) is 8.69. The first-order chi connectivity index (χ1) is 13.7. The number of amides is 1. The number of piperazine rings is 1. The van der Waals surface area contributed by atoms with E-state index in [1.165, 1.54) is 16.8 Å². The zero-order valence-electron chi connectivity index (χ0n) is 15.8. The van der Waals surface area contributed by atoms with Crippen LogP contribution in [-0.2, 0) is 11.2 Å². The summed E-state index contributed by atoms with van der Waals surface area (Å²) < 4.78 is 14.3. The van der Waals surface area contributed by atoms with Crippen molar-refractivity contribution in [1.29, 1.82) is 0 Å². The standard InChI is InChI=1S/C22H24FN3OS/c23-17-9-11-18(12-10-17)25-13-15-26(16-14-25)22(27)8-4-3-7-21-24-19-5-1-2-6-20(19)28-21/h1-2,5-6,9-12H,3-4,7-8,13-16H2. The van der Waals surface area contributed by atoms with Gasteiger partial charge in [-0.2, -0.15) is 0 Å². The number of thiazole rings is 1. The minimum atomic E-state index is -0.219. The molecule has 2 aromatic carbocycles. The second-order valence-electron chi connectivity index (χ2n) is 7.13. The van der Waals surface area contributed by atoms with E-state index in [2.05, 4.69) is 16.0 Å². The monoisotopic (exact) mass is 397 g/mol. The molecule has 146 valence electrons. The number of aromatic nitrogens is 1. The fraction of sp³-hybridized carbons (Fsp3) is 0.364. The van der Waals surface area contributed by atoms with Gasteiger partial charge in [0.1, 0.15) is 5.82 Å². The van der Waals surface area contributed by atoms with Crippen LogP contribution in [0.2, 0.25) is 0 Å². The number of hydrogen-bond donors (Lipinski definition) is 0. The summed E-state index contributed by atoms with van der Waals surface area (Å²) in [6, 6.07) is 14.8. The van der Waals surface area contributed by atoms with Gasteiger partial charge in [0, 0.05) is 38.3 Å². The zero-order valence-corrected chi connectivity index (χ0v) is 16.6. The largest absolute Gasteiger partial charge is 0.368 e. The molecule has 1 amide bonds. The summed E-state index contributed by atoms with van der Waals surface area (Å²) in [7, 11) is 0. The van der Waals surface area contributed by atoms with Gasteiger partial charge in [0.05, 0.1) is 15.2 Å². The molecule has 0 bridgehead atoms. The Bertz CT molecular complexity index is 899. The molecule has 4 rings (SSSR count). The van der Waals surface area contributed by atoms with Gasteiger partial charge in [0.2, 0.25) is 5.91 Å². The lowest BCUT2D eigenvalue weighted by Crippen LogP contribution is -2.48. The van der Waals surface area contributed by atoms with Crippen LogP contribution in [0.3, 0.4) is 0 Å². The van der Waals surface area contributed by atoms with Gasteiger partial charge in [0.25, 0.3) is 0 Å². The Kier molecular flexibility index (Phi) is 5.86. The van der Waals surface area contributed by atoms with Crippen LogP contribution >= 0.6 is 11.3 Å². The minimum absolute atomic E-state index is 0.219. The van der Waals surface area contributed by atoms with E-state index in [1.807, 2.05) is 23.1 Å². The molecule has 0 saturated carbocycles. The van der Waals surface area contributed by atoms with Gasteiger partial charge in [-0.25, -0.2) is 9.37 Å². The Morgan fingerprint density at radius 1 is 1.00 bits per heavy atom. The Morgan fingerprint density at radius 3 is 2.50 bits per heavy atom. The van der Waals surface area contributed by atoms with Gasteiger partial charge in [-0.15, -0.1) is 11.3 Å². The molecule has 2 heterocycles. The predicted molar refractivity (Wildman–Crippen MR) is 112 cm³/mol. The Hall–Kier alpha value is -2.47. The van der Waals surface area contributed by atoms with E-state index in [0.717, 1.165) is 61.7 Å². The van der Waals surface area contributed by atoms with Crippen LogP contribution in [0.4, 0.5) is 10.1 Å². The van der Waals surface area contributed by atoms with Crippen molar-refractivity contribution in [3.8, 4) is 0 Å². The highest BCUT2D eigenvalue weighted by atomic mass is 32.1. The molecule has 0 unspecified atom stereocenters. The summed E-state index contributed by atoms with van der Waals surface area (Å²) in [5, 5.41) is 1.15. The highest BCUT2D eigenvalue weighted by Gasteiger charge is 2.20. The zero-order chi connectivity index (χ0) is 19.3. The van der Waals surface area contributed by atoms with Crippen molar-refractivity contribution in [2.45, 2.75) is 25.7 Å². The van der Waals surface area contributed by atoms with Gasteiger partial charge in [-0.1, -0.05) is 12.1 Å². The number of fused-ring (bicyclic) bond motifs is 1. The van der Waals surface area contributed by atoms with E-state index in [9.17, 15) is 9.18 Å². The van der Waals surface area contributed by atoms with Crippen molar-refractivity contribution in [2.24, 2.45) is 0 Å². The number of para-hydroxylation sites is 1. The Balaban J connectivity index is 1.19. The molecule has 0 radical (unpaired) electrons. The average Bonchev–Trinajstić information content (AvgIpc) is 3.15. The summed E-state index contributed by atoms with van der Waals surface area (Å²) in [6.07, 6.45) is 3.42. The number of carbonyl (C=O) groups is 1. The van der Waals surface area contributed by atoms with Crippen LogP contribution in [0.15, 0.2) is 48.5 Å². The maximum absolute atomic E-state index is 13.1. The highest BCUT2D eigenvalue weighted by molar-refractivity contribution is 7.18. The van der Waals surface area contributed by atoms with Gasteiger partial charge in [-0.05, 0) is 55.7 Å². The summed E-state index contributed by atoms with van der Waals surface area (Å²) >= 11 is 1.75. The quantitative estimate of drug-likeness (QED) is 0.575. The molecule has 28 heavy (non-hydrogen) atoms. The maximum atomic E-state index is 13.1. The fourth-order valence-corrected chi connectivity index (χ4v) is 4.61. The van der Waals surface area contributed by atoms with E-state index in [4.69, 9.17) is 0 Å². The topological polar surface area (TPSA) is 36.4 Å². The van der Waals surface area contributed by atoms with E-state index < -0.39 is 0 Å². The fourth-order valence-electron chi connectivity index (χ4n) is 3.60. The number of nitrogens with zero attached hydrogens (tertiary/aromatic N) is 3. The second-order valence-corrected chi connectivity index (χ2v) is 8.24. The van der Waals surface area contributed by atoms with Crippen LogP contribution in [0.5, 0.6) is 0 Å². The molecule has 0 atom stereocenters. The van der Waals surface area contributed by atoms with E-state index >= 15 is 0 Å². The van der Waals surface area contributed by atoms with Crippen molar-refractivity contribution >= 4 is 33.1 Å². The number of anilines is 1. The van der Waals surface area contributed by atoms with Crippen molar-refractivity contribution in [2.75, 3.05) is 31.1 Å². The smallest absolute Gasteiger partial charge is 0.222 e. The van der Waals surface area contributed by atoms with Gasteiger partial charge in [0.15, 0.2) is 0 Å². The molecule has 1 aromatic heterocycles. The number of benzene rings is 2. The first-order valence-corrected chi connectivity index (χ1v) is 10.6. The Morgan fingerprint density at radius 2 is 1.75 bits per heavy atom. The third-order valence-corrected chi connectivity index (χ3v) is 6.29. The van der Waals surface area contributed by atoms with Crippen LogP contribution in [-0.4, -0.2) is 42.0 Å². The van der Waals surface area contributed by atoms with Crippen LogP contribution < -0.4 is 4.90 Å². The maximum Gasteiger partial charge on any atom is 0.222 e. The molecule has 1 saturated heterocycles. The van der Waals surface area contributed by atoms with Gasteiger partial charge in [-0.3, -0.25) is 4.79 Å². The number of unbranched alkanes of at least 4 members (excludes halogenated alkanes) is 1. The van der Waals surface area contributed by atoms with Crippen molar-refractivity contribution in [3.05, 3.63) is 59.4 Å². The van der Waals surface area contributed by atoms with Crippen molar-refractivity contribution in [1.82, 2.24) is 9.88 Å². The molecule has 0 aliphatic carbocycles. The number of halogens is 1. The molecular weight excluding hydrogens is 373 g/mol. The van der Waals surface area contributed by atoms with Crippen molar-refractivity contribution in [3.63, 3.8) is 0 Å². The highest BCUT2D eigenvalue weighted by Crippen LogP contribution is 2.23. The summed E-state index contributed by atoms with van der Waals surface area (Å²) in [5.41, 5.74) is 2.09. The molecular formula is C22H24FN3OS. The first-order valence-electron chi connectivity index (χ1n) is 9.82. The Labute approximate surface area is 168 Å².